The lowest BCUT2D eigenvalue weighted by Gasteiger charge is -2.21. The third kappa shape index (κ3) is 2.72. The van der Waals surface area contributed by atoms with Crippen molar-refractivity contribution >= 4 is 50.0 Å². The van der Waals surface area contributed by atoms with Gasteiger partial charge < -0.3 is 0 Å². The van der Waals surface area contributed by atoms with Crippen LogP contribution >= 0.6 is 39.0 Å². The van der Waals surface area contributed by atoms with Gasteiger partial charge in [0, 0.05) is 10.9 Å². The van der Waals surface area contributed by atoms with Gasteiger partial charge in [-0.05, 0) is 46.3 Å². The van der Waals surface area contributed by atoms with Crippen LogP contribution in [-0.4, -0.2) is 8.75 Å². The van der Waals surface area contributed by atoms with E-state index in [-0.39, 0.29) is 5.56 Å². The summed E-state index contributed by atoms with van der Waals surface area (Å²) in [6, 6.07) is 3.11. The minimum Gasteiger partial charge on any atom is -0.204 e. The summed E-state index contributed by atoms with van der Waals surface area (Å²) in [5.41, 5.74) is 2.30. The Morgan fingerprint density at radius 1 is 1.09 bits per heavy atom. The molecule has 1 saturated carbocycles. The molecule has 0 aliphatic heterocycles. The van der Waals surface area contributed by atoms with E-state index in [1.54, 1.807) is 0 Å². The van der Waals surface area contributed by atoms with Gasteiger partial charge >= 0.3 is 0 Å². The summed E-state index contributed by atoms with van der Waals surface area (Å²) < 4.78 is 37.5. The van der Waals surface area contributed by atoms with Crippen LogP contribution in [0.15, 0.2) is 15.9 Å². The van der Waals surface area contributed by atoms with Gasteiger partial charge in [-0.1, -0.05) is 19.3 Å². The van der Waals surface area contributed by atoms with Gasteiger partial charge in [0.05, 0.1) is 21.1 Å². The molecule has 0 N–H and O–H groups in total. The van der Waals surface area contributed by atoms with Crippen LogP contribution in [0.5, 0.6) is 0 Å². The van der Waals surface area contributed by atoms with Crippen molar-refractivity contribution in [2.75, 3.05) is 0 Å². The number of rotatable bonds is 2. The molecular formula is C16H13BrF2N2S2. The van der Waals surface area contributed by atoms with E-state index in [2.05, 4.69) is 24.7 Å². The number of hydrogen-bond donors (Lipinski definition) is 0. The van der Waals surface area contributed by atoms with Crippen molar-refractivity contribution < 1.29 is 8.78 Å². The molecule has 7 heteroatoms. The summed E-state index contributed by atoms with van der Waals surface area (Å²) in [7, 11) is 0. The minimum atomic E-state index is -0.871. The summed E-state index contributed by atoms with van der Waals surface area (Å²) in [6.45, 7) is 0. The second-order valence-corrected chi connectivity index (χ2v) is 8.75. The second-order valence-electron chi connectivity index (χ2n) is 5.85. The quantitative estimate of drug-likeness (QED) is 0.477. The molecule has 1 fully saturated rings. The lowest BCUT2D eigenvalue weighted by atomic mass is 9.85. The molecule has 0 spiro atoms. The van der Waals surface area contributed by atoms with Crippen molar-refractivity contribution in [3.8, 4) is 10.4 Å². The largest absolute Gasteiger partial charge is 0.204 e. The predicted molar refractivity (Wildman–Crippen MR) is 94.2 cm³/mol. The lowest BCUT2D eigenvalue weighted by Crippen LogP contribution is -2.03. The van der Waals surface area contributed by atoms with Crippen LogP contribution in [0.2, 0.25) is 0 Å². The molecule has 0 radical (unpaired) electrons. The first-order chi connectivity index (χ1) is 11.1. The van der Waals surface area contributed by atoms with Crippen molar-refractivity contribution in [1.29, 1.82) is 0 Å². The van der Waals surface area contributed by atoms with Gasteiger partial charge in [0.15, 0.2) is 11.6 Å². The Balaban J connectivity index is 1.85. The zero-order valence-corrected chi connectivity index (χ0v) is 15.3. The Labute approximate surface area is 149 Å². The Morgan fingerprint density at radius 2 is 1.87 bits per heavy atom. The van der Waals surface area contributed by atoms with E-state index in [9.17, 15) is 8.78 Å². The van der Waals surface area contributed by atoms with E-state index in [1.165, 1.54) is 36.2 Å². The maximum atomic E-state index is 14.4. The second kappa shape index (κ2) is 6.18. The van der Waals surface area contributed by atoms with E-state index in [1.807, 2.05) is 6.07 Å². The molecule has 120 valence electrons. The Bertz CT molecular complexity index is 868. The molecule has 0 atom stereocenters. The predicted octanol–water partition coefficient (Wildman–Crippen LogP) is 6.51. The van der Waals surface area contributed by atoms with Crippen LogP contribution in [0, 0.1) is 11.6 Å². The van der Waals surface area contributed by atoms with Crippen molar-refractivity contribution in [3.63, 3.8) is 0 Å². The maximum Gasteiger partial charge on any atom is 0.169 e. The van der Waals surface area contributed by atoms with E-state index < -0.39 is 11.6 Å². The third-order valence-electron chi connectivity index (χ3n) is 4.45. The molecule has 0 unspecified atom stereocenters. The SMILES string of the molecule is Fc1cc2nsnc2c(-c2cc(C3CCCCC3)c(Br)s2)c1F. The van der Waals surface area contributed by atoms with E-state index in [0.717, 1.165) is 34.4 Å². The smallest absolute Gasteiger partial charge is 0.169 e. The normalized spacial score (nSPS) is 16.3. The number of nitrogens with zero attached hydrogens (tertiary/aromatic N) is 2. The van der Waals surface area contributed by atoms with Gasteiger partial charge in [0.25, 0.3) is 0 Å². The summed E-state index contributed by atoms with van der Waals surface area (Å²) >= 11 is 6.04. The monoisotopic (exact) mass is 414 g/mol. The van der Waals surface area contributed by atoms with Gasteiger partial charge in [-0.15, -0.1) is 11.3 Å². The van der Waals surface area contributed by atoms with Gasteiger partial charge in [0.2, 0.25) is 0 Å². The molecule has 23 heavy (non-hydrogen) atoms. The lowest BCUT2D eigenvalue weighted by molar-refractivity contribution is 0.443. The molecule has 2 nitrogen and oxygen atoms in total. The topological polar surface area (TPSA) is 25.8 Å². The van der Waals surface area contributed by atoms with Crippen LogP contribution < -0.4 is 0 Å². The molecule has 4 rings (SSSR count). The number of thiophene rings is 1. The highest BCUT2D eigenvalue weighted by Gasteiger charge is 2.24. The number of halogens is 3. The number of fused-ring (bicyclic) bond motifs is 1. The molecule has 3 aromatic rings. The summed E-state index contributed by atoms with van der Waals surface area (Å²) in [4.78, 5) is 0.715. The number of hydrogen-bond acceptors (Lipinski definition) is 4. The first kappa shape index (κ1) is 15.6. The van der Waals surface area contributed by atoms with E-state index >= 15 is 0 Å². The van der Waals surface area contributed by atoms with Gasteiger partial charge in [-0.3, -0.25) is 0 Å². The average molecular weight is 415 g/mol. The maximum absolute atomic E-state index is 14.4. The highest BCUT2D eigenvalue weighted by molar-refractivity contribution is 9.11. The molecule has 0 saturated heterocycles. The number of aromatic nitrogens is 2. The van der Waals surface area contributed by atoms with Gasteiger partial charge in [0.1, 0.15) is 11.0 Å². The van der Waals surface area contributed by atoms with Gasteiger partial charge in [-0.2, -0.15) is 8.75 Å². The van der Waals surface area contributed by atoms with Crippen LogP contribution in [0.4, 0.5) is 8.78 Å². The van der Waals surface area contributed by atoms with Crippen molar-refractivity contribution in [1.82, 2.24) is 8.75 Å². The first-order valence-corrected chi connectivity index (χ1v) is 9.89. The van der Waals surface area contributed by atoms with Crippen LogP contribution in [0.25, 0.3) is 21.5 Å². The molecule has 1 aliphatic carbocycles. The van der Waals surface area contributed by atoms with Crippen LogP contribution in [0.3, 0.4) is 0 Å². The Hall–Kier alpha value is -0.920. The fraction of sp³-hybridized carbons (Fsp3) is 0.375. The fourth-order valence-electron chi connectivity index (χ4n) is 3.29. The Morgan fingerprint density at radius 3 is 2.65 bits per heavy atom. The Kier molecular flexibility index (Phi) is 4.19. The summed E-state index contributed by atoms with van der Waals surface area (Å²) in [5, 5.41) is 0. The third-order valence-corrected chi connectivity index (χ3v) is 6.89. The van der Waals surface area contributed by atoms with E-state index in [4.69, 9.17) is 0 Å². The van der Waals surface area contributed by atoms with E-state index in [0.29, 0.717) is 21.8 Å². The molecule has 0 bridgehead atoms. The van der Waals surface area contributed by atoms with Crippen molar-refractivity contribution in [2.24, 2.45) is 0 Å². The molecule has 1 aromatic carbocycles. The zero-order chi connectivity index (χ0) is 16.0. The van der Waals surface area contributed by atoms with Crippen molar-refractivity contribution in [2.45, 2.75) is 38.0 Å². The van der Waals surface area contributed by atoms with Crippen molar-refractivity contribution in [3.05, 3.63) is 33.1 Å². The molecular weight excluding hydrogens is 402 g/mol. The number of benzene rings is 1. The summed E-state index contributed by atoms with van der Waals surface area (Å²) in [5.74, 6) is -1.21. The average Bonchev–Trinajstić information content (AvgIpc) is 3.16. The standard InChI is InChI=1S/C16H13BrF2N2S2/c17-16-9(8-4-2-1-3-5-8)6-12(22-16)13-14(19)10(18)7-11-15(13)21-23-20-11/h6-8H,1-5H2. The van der Waals surface area contributed by atoms with Crippen LogP contribution in [0.1, 0.15) is 43.6 Å². The molecule has 2 aromatic heterocycles. The molecule has 2 heterocycles. The zero-order valence-electron chi connectivity index (χ0n) is 12.1. The molecule has 1 aliphatic rings. The fourth-order valence-corrected chi connectivity index (χ4v) is 5.80. The minimum absolute atomic E-state index is 0.238. The highest BCUT2D eigenvalue weighted by atomic mass is 79.9. The summed E-state index contributed by atoms with van der Waals surface area (Å²) in [6.07, 6.45) is 6.07. The van der Waals surface area contributed by atoms with Crippen LogP contribution in [-0.2, 0) is 0 Å². The highest BCUT2D eigenvalue weighted by Crippen LogP contribution is 2.45. The first-order valence-electron chi connectivity index (χ1n) is 7.55. The molecule has 0 amide bonds. The van der Waals surface area contributed by atoms with Gasteiger partial charge in [-0.25, -0.2) is 8.78 Å².